The lowest BCUT2D eigenvalue weighted by Gasteiger charge is -2.16. The molecule has 0 saturated carbocycles. The Balaban J connectivity index is 1.56. The number of anilines is 2. The third kappa shape index (κ3) is 6.23. The second-order valence-electron chi connectivity index (χ2n) is 7.59. The molecule has 4 rings (SSSR count). The molecule has 10 heteroatoms. The number of hydrogen-bond acceptors (Lipinski definition) is 8. The van der Waals surface area contributed by atoms with Crippen molar-refractivity contribution in [2.24, 2.45) is 0 Å². The maximum atomic E-state index is 15.6. The number of fused-ring (bicyclic) bond motifs is 1. The molecule has 0 aliphatic carbocycles. The summed E-state index contributed by atoms with van der Waals surface area (Å²) in [5.74, 6) is -1.34. The SMILES string of the molecule is COC(=O)CNc1c(OCc2ccccc2)cc2cnc(NC(=O)OCc3ccccc3)nc2c1F. The van der Waals surface area contributed by atoms with Crippen LogP contribution < -0.4 is 15.4 Å². The number of benzene rings is 3. The van der Waals surface area contributed by atoms with Gasteiger partial charge in [0.1, 0.15) is 36.7 Å². The average Bonchev–Trinajstić information content (AvgIpc) is 2.91. The highest BCUT2D eigenvalue weighted by atomic mass is 19.1. The third-order valence-corrected chi connectivity index (χ3v) is 5.08. The molecule has 36 heavy (non-hydrogen) atoms. The summed E-state index contributed by atoms with van der Waals surface area (Å²) in [5, 5.41) is 5.44. The van der Waals surface area contributed by atoms with E-state index in [1.54, 1.807) is 6.07 Å². The first-order valence-corrected chi connectivity index (χ1v) is 11.0. The van der Waals surface area contributed by atoms with E-state index in [1.807, 2.05) is 60.7 Å². The first kappa shape index (κ1) is 24.4. The number of carbonyl (C=O) groups excluding carboxylic acids is 2. The zero-order valence-corrected chi connectivity index (χ0v) is 19.4. The van der Waals surface area contributed by atoms with Crippen LogP contribution in [-0.2, 0) is 27.5 Å². The van der Waals surface area contributed by atoms with Crippen molar-refractivity contribution >= 4 is 34.6 Å². The fraction of sp³-hybridized carbons (Fsp3) is 0.154. The van der Waals surface area contributed by atoms with Gasteiger partial charge in [0, 0.05) is 11.6 Å². The number of methoxy groups -OCH3 is 1. The smallest absolute Gasteiger partial charge is 0.414 e. The molecular formula is C26H23FN4O5. The number of carbonyl (C=O) groups is 2. The van der Waals surface area contributed by atoms with E-state index in [1.165, 1.54) is 13.3 Å². The van der Waals surface area contributed by atoms with Crippen molar-refractivity contribution in [3.63, 3.8) is 0 Å². The molecule has 0 spiro atoms. The highest BCUT2D eigenvalue weighted by molar-refractivity contribution is 5.89. The summed E-state index contributed by atoms with van der Waals surface area (Å²) >= 11 is 0. The van der Waals surface area contributed by atoms with E-state index in [2.05, 4.69) is 25.3 Å². The van der Waals surface area contributed by atoms with E-state index in [0.29, 0.717) is 5.39 Å². The second kappa shape index (κ2) is 11.6. The van der Waals surface area contributed by atoms with Gasteiger partial charge in [0.25, 0.3) is 0 Å². The van der Waals surface area contributed by atoms with Crippen LogP contribution in [0.4, 0.5) is 20.8 Å². The van der Waals surface area contributed by atoms with Crippen LogP contribution in [0.3, 0.4) is 0 Å². The molecule has 1 aromatic heterocycles. The lowest BCUT2D eigenvalue weighted by Crippen LogP contribution is -2.17. The monoisotopic (exact) mass is 490 g/mol. The van der Waals surface area contributed by atoms with Crippen molar-refractivity contribution in [1.82, 2.24) is 9.97 Å². The first-order valence-electron chi connectivity index (χ1n) is 11.0. The van der Waals surface area contributed by atoms with Gasteiger partial charge in [-0.2, -0.15) is 0 Å². The summed E-state index contributed by atoms with van der Waals surface area (Å²) in [6.07, 6.45) is 0.572. The first-order chi connectivity index (χ1) is 17.5. The molecular weight excluding hydrogens is 467 g/mol. The lowest BCUT2D eigenvalue weighted by atomic mass is 10.2. The van der Waals surface area contributed by atoms with Gasteiger partial charge in [0.2, 0.25) is 5.95 Å². The summed E-state index contributed by atoms with van der Waals surface area (Å²) < 4.78 is 31.2. The molecule has 2 N–H and O–H groups in total. The van der Waals surface area contributed by atoms with Crippen molar-refractivity contribution in [2.75, 3.05) is 24.3 Å². The highest BCUT2D eigenvalue weighted by Crippen LogP contribution is 2.34. The Morgan fingerprint density at radius 1 is 0.972 bits per heavy atom. The number of nitrogens with one attached hydrogen (secondary N) is 2. The fourth-order valence-corrected chi connectivity index (χ4v) is 3.27. The summed E-state index contributed by atoms with van der Waals surface area (Å²) in [6.45, 7) is -0.0621. The Labute approximate surface area is 206 Å². The van der Waals surface area contributed by atoms with Gasteiger partial charge in [-0.05, 0) is 17.2 Å². The van der Waals surface area contributed by atoms with Crippen molar-refractivity contribution < 1.29 is 28.2 Å². The molecule has 1 heterocycles. The Morgan fingerprint density at radius 2 is 1.64 bits per heavy atom. The maximum absolute atomic E-state index is 15.6. The van der Waals surface area contributed by atoms with Crippen LogP contribution >= 0.6 is 0 Å². The Kier molecular flexibility index (Phi) is 7.87. The fourth-order valence-electron chi connectivity index (χ4n) is 3.27. The minimum atomic E-state index is -0.787. The van der Waals surface area contributed by atoms with Crippen molar-refractivity contribution in [3.05, 3.63) is 89.9 Å². The largest absolute Gasteiger partial charge is 0.487 e. The highest BCUT2D eigenvalue weighted by Gasteiger charge is 2.19. The van der Waals surface area contributed by atoms with E-state index >= 15 is 4.39 Å². The minimum Gasteiger partial charge on any atom is -0.487 e. The quantitative estimate of drug-likeness (QED) is 0.325. The topological polar surface area (TPSA) is 112 Å². The molecule has 0 bridgehead atoms. The number of nitrogens with zero attached hydrogens (tertiary/aromatic N) is 2. The molecule has 0 aliphatic rings. The molecule has 0 fully saturated rings. The van der Waals surface area contributed by atoms with Crippen LogP contribution in [0.1, 0.15) is 11.1 Å². The zero-order chi connectivity index (χ0) is 25.3. The van der Waals surface area contributed by atoms with Gasteiger partial charge >= 0.3 is 12.1 Å². The van der Waals surface area contributed by atoms with Gasteiger partial charge in [-0.15, -0.1) is 0 Å². The van der Waals surface area contributed by atoms with Crippen molar-refractivity contribution in [1.29, 1.82) is 0 Å². The summed E-state index contributed by atoms with van der Waals surface area (Å²) in [6, 6.07) is 20.0. The van der Waals surface area contributed by atoms with Gasteiger partial charge in [0.15, 0.2) is 5.82 Å². The normalized spacial score (nSPS) is 10.5. The maximum Gasteiger partial charge on any atom is 0.414 e. The van der Waals surface area contributed by atoms with E-state index in [-0.39, 0.29) is 42.7 Å². The average molecular weight is 490 g/mol. The molecule has 0 aliphatic heterocycles. The number of ether oxygens (including phenoxy) is 3. The van der Waals surface area contributed by atoms with Crippen molar-refractivity contribution in [3.8, 4) is 5.75 Å². The van der Waals surface area contributed by atoms with Gasteiger partial charge in [-0.25, -0.2) is 19.2 Å². The molecule has 4 aromatic rings. The number of hydrogen-bond donors (Lipinski definition) is 2. The number of esters is 1. The molecule has 0 radical (unpaired) electrons. The van der Waals surface area contributed by atoms with Gasteiger partial charge in [0.05, 0.1) is 7.11 Å². The van der Waals surface area contributed by atoms with E-state index < -0.39 is 17.9 Å². The molecule has 3 aromatic carbocycles. The van der Waals surface area contributed by atoms with Gasteiger partial charge in [-0.3, -0.25) is 10.1 Å². The van der Waals surface area contributed by atoms with E-state index in [9.17, 15) is 9.59 Å². The standard InChI is InChI=1S/C26H23FN4O5/c1-34-21(32)14-28-24-20(35-15-17-8-4-2-5-9-17)12-19-13-29-25(30-23(19)22(24)27)31-26(33)36-16-18-10-6-3-7-11-18/h2-13,28H,14-16H2,1H3,(H,29,30,31,33). The predicted octanol–water partition coefficient (Wildman–Crippen LogP) is 4.68. The number of rotatable bonds is 9. The molecule has 184 valence electrons. The van der Waals surface area contributed by atoms with Gasteiger partial charge < -0.3 is 19.5 Å². The minimum absolute atomic E-state index is 0.0539. The molecule has 9 nitrogen and oxygen atoms in total. The number of amides is 1. The second-order valence-corrected chi connectivity index (χ2v) is 7.59. The molecule has 1 amide bonds. The molecule has 0 saturated heterocycles. The van der Waals surface area contributed by atoms with Crippen LogP contribution in [-0.4, -0.2) is 35.7 Å². The van der Waals surface area contributed by atoms with Gasteiger partial charge in [-0.1, -0.05) is 60.7 Å². The van der Waals surface area contributed by atoms with E-state index in [0.717, 1.165) is 11.1 Å². The van der Waals surface area contributed by atoms with Crippen LogP contribution in [0.15, 0.2) is 72.9 Å². The third-order valence-electron chi connectivity index (χ3n) is 5.08. The number of aromatic nitrogens is 2. The van der Waals surface area contributed by atoms with Crippen LogP contribution in [0.25, 0.3) is 10.9 Å². The zero-order valence-electron chi connectivity index (χ0n) is 19.4. The van der Waals surface area contributed by atoms with Crippen molar-refractivity contribution in [2.45, 2.75) is 13.2 Å². The summed E-state index contributed by atoms with van der Waals surface area (Å²) in [7, 11) is 1.23. The molecule has 0 unspecified atom stereocenters. The molecule has 0 atom stereocenters. The van der Waals surface area contributed by atoms with E-state index in [4.69, 9.17) is 9.47 Å². The lowest BCUT2D eigenvalue weighted by molar-refractivity contribution is -0.138. The predicted molar refractivity (Wildman–Crippen MR) is 131 cm³/mol. The number of halogens is 1. The summed E-state index contributed by atoms with van der Waals surface area (Å²) in [5.41, 5.74) is 1.53. The Morgan fingerprint density at radius 3 is 2.31 bits per heavy atom. The van der Waals surface area contributed by atoms with Crippen LogP contribution in [0.2, 0.25) is 0 Å². The Hall–Kier alpha value is -4.73. The summed E-state index contributed by atoms with van der Waals surface area (Å²) in [4.78, 5) is 32.0. The van der Waals surface area contributed by atoms with Crippen LogP contribution in [0, 0.1) is 5.82 Å². The Bertz CT molecular complexity index is 1350. The van der Waals surface area contributed by atoms with Crippen LogP contribution in [0.5, 0.6) is 5.75 Å².